The summed E-state index contributed by atoms with van der Waals surface area (Å²) in [5.41, 5.74) is 0.722. The van der Waals surface area contributed by atoms with Crippen LogP contribution in [0.2, 0.25) is 0 Å². The summed E-state index contributed by atoms with van der Waals surface area (Å²) in [6.07, 6.45) is 5.75. The number of carbonyl (C=O) groups is 1. The van der Waals surface area contributed by atoms with Crippen LogP contribution in [0.4, 0.5) is 4.39 Å². The van der Waals surface area contributed by atoms with Crippen molar-refractivity contribution in [3.05, 3.63) is 64.6 Å². The van der Waals surface area contributed by atoms with Crippen LogP contribution in [0.15, 0.2) is 47.5 Å². The highest BCUT2D eigenvalue weighted by molar-refractivity contribution is 5.76. The van der Waals surface area contributed by atoms with Crippen molar-refractivity contribution in [1.82, 2.24) is 14.5 Å². The molecule has 0 spiro atoms. The van der Waals surface area contributed by atoms with Gasteiger partial charge in [-0.3, -0.25) is 9.36 Å². The first-order chi connectivity index (χ1) is 11.6. The highest BCUT2D eigenvalue weighted by atomic mass is 19.1. The molecule has 0 radical (unpaired) electrons. The first kappa shape index (κ1) is 16.4. The van der Waals surface area contributed by atoms with Crippen molar-refractivity contribution in [3.8, 4) is 0 Å². The third kappa shape index (κ3) is 4.07. The van der Waals surface area contributed by atoms with Gasteiger partial charge >= 0.3 is 5.69 Å². The van der Waals surface area contributed by atoms with Gasteiger partial charge in [0.2, 0.25) is 5.91 Å². The summed E-state index contributed by atoms with van der Waals surface area (Å²) in [5, 5.41) is 0. The van der Waals surface area contributed by atoms with Gasteiger partial charge in [-0.05, 0) is 48.9 Å². The summed E-state index contributed by atoms with van der Waals surface area (Å²) in [7, 11) is 0. The van der Waals surface area contributed by atoms with Crippen molar-refractivity contribution in [2.24, 2.45) is 5.92 Å². The van der Waals surface area contributed by atoms with Crippen molar-refractivity contribution in [1.29, 1.82) is 0 Å². The minimum absolute atomic E-state index is 0.0370. The Bertz CT molecular complexity index is 749. The van der Waals surface area contributed by atoms with E-state index in [2.05, 4.69) is 4.98 Å². The third-order valence-corrected chi connectivity index (χ3v) is 4.49. The number of piperidine rings is 1. The fraction of sp³-hybridized carbons (Fsp3) is 0.389. The molecule has 1 aromatic carbocycles. The standard InChI is InChI=1S/C18H20FN3O2/c19-16-4-2-14(3-5-16)12-15-6-10-21(11-7-15)17(23)13-22-9-1-8-20-18(22)24/h1-5,8-9,15H,6-7,10-13H2. The number of rotatable bonds is 4. The van der Waals surface area contributed by atoms with Crippen LogP contribution in [0.1, 0.15) is 18.4 Å². The van der Waals surface area contributed by atoms with E-state index in [1.54, 1.807) is 17.2 Å². The van der Waals surface area contributed by atoms with Gasteiger partial charge in [0, 0.05) is 25.5 Å². The second-order valence-corrected chi connectivity index (χ2v) is 6.18. The maximum Gasteiger partial charge on any atom is 0.347 e. The van der Waals surface area contributed by atoms with Gasteiger partial charge in [-0.2, -0.15) is 0 Å². The van der Waals surface area contributed by atoms with Crippen LogP contribution in [0.5, 0.6) is 0 Å². The van der Waals surface area contributed by atoms with Crippen LogP contribution >= 0.6 is 0 Å². The van der Waals surface area contributed by atoms with E-state index in [1.165, 1.54) is 22.9 Å². The normalized spacial score (nSPS) is 15.5. The van der Waals surface area contributed by atoms with Crippen molar-refractivity contribution in [3.63, 3.8) is 0 Å². The van der Waals surface area contributed by atoms with E-state index in [1.807, 2.05) is 12.1 Å². The van der Waals surface area contributed by atoms with Gasteiger partial charge in [0.15, 0.2) is 0 Å². The van der Waals surface area contributed by atoms with Crippen LogP contribution in [0.25, 0.3) is 0 Å². The molecule has 24 heavy (non-hydrogen) atoms. The van der Waals surface area contributed by atoms with Gasteiger partial charge in [-0.25, -0.2) is 14.2 Å². The highest BCUT2D eigenvalue weighted by Gasteiger charge is 2.23. The van der Waals surface area contributed by atoms with E-state index in [4.69, 9.17) is 0 Å². The number of amides is 1. The van der Waals surface area contributed by atoms with Crippen LogP contribution < -0.4 is 5.69 Å². The maximum absolute atomic E-state index is 12.9. The quantitative estimate of drug-likeness (QED) is 0.860. The van der Waals surface area contributed by atoms with E-state index >= 15 is 0 Å². The highest BCUT2D eigenvalue weighted by Crippen LogP contribution is 2.22. The number of hydrogen-bond acceptors (Lipinski definition) is 3. The third-order valence-electron chi connectivity index (χ3n) is 4.49. The van der Waals surface area contributed by atoms with E-state index in [9.17, 15) is 14.0 Å². The van der Waals surface area contributed by atoms with E-state index in [0.717, 1.165) is 24.8 Å². The summed E-state index contributed by atoms with van der Waals surface area (Å²) < 4.78 is 14.3. The molecular weight excluding hydrogens is 309 g/mol. The zero-order valence-electron chi connectivity index (χ0n) is 13.4. The number of benzene rings is 1. The molecule has 0 aliphatic carbocycles. The molecule has 2 heterocycles. The zero-order valence-corrected chi connectivity index (χ0v) is 13.4. The van der Waals surface area contributed by atoms with Gasteiger partial charge < -0.3 is 4.90 Å². The Morgan fingerprint density at radius 2 is 1.92 bits per heavy atom. The lowest BCUT2D eigenvalue weighted by molar-refractivity contribution is -0.133. The lowest BCUT2D eigenvalue weighted by Crippen LogP contribution is -2.42. The van der Waals surface area contributed by atoms with Gasteiger partial charge in [0.1, 0.15) is 12.4 Å². The molecule has 0 unspecified atom stereocenters. The van der Waals surface area contributed by atoms with Crippen LogP contribution in [-0.2, 0) is 17.8 Å². The zero-order chi connectivity index (χ0) is 16.9. The minimum atomic E-state index is -0.406. The van der Waals surface area contributed by atoms with Crippen molar-refractivity contribution in [2.45, 2.75) is 25.8 Å². The first-order valence-corrected chi connectivity index (χ1v) is 8.15. The predicted octanol–water partition coefficient (Wildman–Crippen LogP) is 1.86. The van der Waals surface area contributed by atoms with Gasteiger partial charge in [0.25, 0.3) is 0 Å². The second-order valence-electron chi connectivity index (χ2n) is 6.18. The van der Waals surface area contributed by atoms with E-state index in [0.29, 0.717) is 19.0 Å². The number of hydrogen-bond donors (Lipinski definition) is 0. The molecule has 6 heteroatoms. The summed E-state index contributed by atoms with van der Waals surface area (Å²) in [6.45, 7) is 1.43. The molecule has 5 nitrogen and oxygen atoms in total. The van der Waals surface area contributed by atoms with E-state index < -0.39 is 5.69 Å². The minimum Gasteiger partial charge on any atom is -0.341 e. The maximum atomic E-state index is 12.9. The molecule has 1 aliphatic rings. The summed E-state index contributed by atoms with van der Waals surface area (Å²) in [6, 6.07) is 8.26. The fourth-order valence-electron chi connectivity index (χ4n) is 3.09. The molecule has 1 fully saturated rings. The molecule has 3 rings (SSSR count). The number of nitrogens with zero attached hydrogens (tertiary/aromatic N) is 3. The Hall–Kier alpha value is -2.50. The Morgan fingerprint density at radius 1 is 1.21 bits per heavy atom. The van der Waals surface area contributed by atoms with Crippen LogP contribution in [0.3, 0.4) is 0 Å². The van der Waals surface area contributed by atoms with Crippen LogP contribution in [-0.4, -0.2) is 33.4 Å². The molecule has 126 valence electrons. The van der Waals surface area contributed by atoms with Crippen molar-refractivity contribution in [2.75, 3.05) is 13.1 Å². The first-order valence-electron chi connectivity index (χ1n) is 8.15. The molecule has 0 bridgehead atoms. The Balaban J connectivity index is 1.51. The topological polar surface area (TPSA) is 55.2 Å². The molecule has 0 N–H and O–H groups in total. The molecule has 1 amide bonds. The van der Waals surface area contributed by atoms with Crippen molar-refractivity contribution < 1.29 is 9.18 Å². The lowest BCUT2D eigenvalue weighted by atomic mass is 9.90. The molecule has 1 saturated heterocycles. The molecule has 2 aromatic rings. The Kier molecular flexibility index (Phi) is 5.03. The van der Waals surface area contributed by atoms with Crippen LogP contribution in [0, 0.1) is 11.7 Å². The van der Waals surface area contributed by atoms with Gasteiger partial charge in [0.05, 0.1) is 0 Å². The summed E-state index contributed by atoms with van der Waals surface area (Å²) in [4.78, 5) is 29.3. The number of aromatic nitrogens is 2. The SMILES string of the molecule is O=C(Cn1cccnc1=O)N1CCC(Cc2ccc(F)cc2)CC1. The molecule has 1 aliphatic heterocycles. The monoisotopic (exact) mass is 329 g/mol. The number of halogens is 1. The van der Waals surface area contributed by atoms with Gasteiger partial charge in [-0.1, -0.05) is 12.1 Å². The fourth-order valence-corrected chi connectivity index (χ4v) is 3.09. The average molecular weight is 329 g/mol. The molecule has 1 aromatic heterocycles. The smallest absolute Gasteiger partial charge is 0.341 e. The molecular formula is C18H20FN3O2. The van der Waals surface area contributed by atoms with Gasteiger partial charge in [-0.15, -0.1) is 0 Å². The lowest BCUT2D eigenvalue weighted by Gasteiger charge is -2.32. The Morgan fingerprint density at radius 3 is 2.58 bits per heavy atom. The second kappa shape index (κ2) is 7.38. The largest absolute Gasteiger partial charge is 0.347 e. The predicted molar refractivity (Wildman–Crippen MR) is 87.9 cm³/mol. The average Bonchev–Trinajstić information content (AvgIpc) is 2.59. The molecule has 0 atom stereocenters. The van der Waals surface area contributed by atoms with Crippen molar-refractivity contribution >= 4 is 5.91 Å². The Labute approximate surface area is 139 Å². The number of likely N-dealkylation sites (tertiary alicyclic amines) is 1. The summed E-state index contributed by atoms with van der Waals surface area (Å²) >= 11 is 0. The molecule has 0 saturated carbocycles. The summed E-state index contributed by atoms with van der Waals surface area (Å²) in [5.74, 6) is 0.232. The van der Waals surface area contributed by atoms with E-state index in [-0.39, 0.29) is 18.3 Å². The number of carbonyl (C=O) groups excluding carboxylic acids is 1.